The van der Waals surface area contributed by atoms with E-state index in [1.165, 1.54) is 11.9 Å². The highest BCUT2D eigenvalue weighted by molar-refractivity contribution is 8.06. The third-order valence-electron chi connectivity index (χ3n) is 3.00. The van der Waals surface area contributed by atoms with Crippen LogP contribution in [0.4, 0.5) is 0 Å². The van der Waals surface area contributed by atoms with Gasteiger partial charge in [-0.05, 0) is 12.1 Å². The summed E-state index contributed by atoms with van der Waals surface area (Å²) < 4.78 is 5.30. The van der Waals surface area contributed by atoms with Crippen molar-refractivity contribution in [1.29, 1.82) is 5.26 Å². The molecule has 2 aromatic heterocycles. The van der Waals surface area contributed by atoms with Crippen LogP contribution in [0.1, 0.15) is 23.6 Å². The minimum absolute atomic E-state index is 0.268. The Hall–Kier alpha value is -1.52. The van der Waals surface area contributed by atoms with Crippen LogP contribution in [-0.4, -0.2) is 31.9 Å². The quantitative estimate of drug-likeness (QED) is 0.844. The molecule has 1 aliphatic heterocycles. The zero-order chi connectivity index (χ0) is 13.9. The summed E-state index contributed by atoms with van der Waals surface area (Å²) in [7, 11) is 0. The smallest absolute Gasteiger partial charge is 0.276 e. The van der Waals surface area contributed by atoms with Crippen LogP contribution >= 0.6 is 23.5 Å². The molecular weight excluding hydrogens is 292 g/mol. The Balaban J connectivity index is 1.84. The Labute approximate surface area is 125 Å². The Bertz CT molecular complexity index is 635. The highest BCUT2D eigenvalue weighted by Gasteiger charge is 2.28. The molecule has 2 aromatic rings. The van der Waals surface area contributed by atoms with Gasteiger partial charge in [-0.2, -0.15) is 22.0 Å². The predicted octanol–water partition coefficient (Wildman–Crippen LogP) is 2.91. The van der Waals surface area contributed by atoms with E-state index >= 15 is 0 Å². The van der Waals surface area contributed by atoms with E-state index in [1.54, 1.807) is 12.1 Å². The number of rotatable bonds is 2. The van der Waals surface area contributed by atoms with Gasteiger partial charge in [0.25, 0.3) is 5.89 Å². The van der Waals surface area contributed by atoms with Gasteiger partial charge in [-0.15, -0.1) is 11.8 Å². The summed E-state index contributed by atoms with van der Waals surface area (Å²) in [6.07, 6.45) is 1.51. The highest BCUT2D eigenvalue weighted by atomic mass is 32.2. The van der Waals surface area contributed by atoms with E-state index in [4.69, 9.17) is 9.78 Å². The SMILES string of the molecule is CC1SCCSC1c1noc(-c2ccc(C#N)cn2)n1. The topological polar surface area (TPSA) is 75.6 Å². The van der Waals surface area contributed by atoms with Crippen molar-refractivity contribution in [2.75, 3.05) is 11.5 Å². The molecule has 5 nitrogen and oxygen atoms in total. The molecule has 7 heteroatoms. The monoisotopic (exact) mass is 304 g/mol. The van der Waals surface area contributed by atoms with Crippen LogP contribution in [0.25, 0.3) is 11.6 Å². The van der Waals surface area contributed by atoms with Crippen LogP contribution in [0.15, 0.2) is 22.9 Å². The van der Waals surface area contributed by atoms with Crippen molar-refractivity contribution in [2.24, 2.45) is 0 Å². The second-order valence-corrected chi connectivity index (χ2v) is 7.10. The van der Waals surface area contributed by atoms with Crippen LogP contribution in [-0.2, 0) is 0 Å². The third kappa shape index (κ3) is 2.67. The van der Waals surface area contributed by atoms with Crippen molar-refractivity contribution in [1.82, 2.24) is 15.1 Å². The maximum Gasteiger partial charge on any atom is 0.276 e. The first-order valence-corrected chi connectivity index (χ1v) is 8.31. The lowest BCUT2D eigenvalue weighted by molar-refractivity contribution is 0.420. The zero-order valence-corrected chi connectivity index (χ0v) is 12.4. The van der Waals surface area contributed by atoms with Gasteiger partial charge in [0.15, 0.2) is 5.82 Å². The van der Waals surface area contributed by atoms with Crippen molar-refractivity contribution in [3.63, 3.8) is 0 Å². The van der Waals surface area contributed by atoms with E-state index in [9.17, 15) is 0 Å². The maximum atomic E-state index is 8.76. The molecule has 102 valence electrons. The number of nitriles is 1. The summed E-state index contributed by atoms with van der Waals surface area (Å²) in [5.74, 6) is 3.42. The standard InChI is InChI=1S/C13H12N4OS2/c1-8-11(20-5-4-19-8)12-16-13(18-17-12)10-3-2-9(6-14)7-15-10/h2-3,7-8,11H,4-5H2,1H3. The fraction of sp³-hybridized carbons (Fsp3) is 0.385. The molecule has 2 atom stereocenters. The van der Waals surface area contributed by atoms with E-state index in [0.29, 0.717) is 22.4 Å². The summed E-state index contributed by atoms with van der Waals surface area (Å²) in [6, 6.07) is 5.45. The minimum Gasteiger partial charge on any atom is -0.332 e. The van der Waals surface area contributed by atoms with Gasteiger partial charge in [0.1, 0.15) is 11.8 Å². The second-order valence-electron chi connectivity index (χ2n) is 4.37. The van der Waals surface area contributed by atoms with Gasteiger partial charge < -0.3 is 4.52 Å². The molecule has 0 spiro atoms. The van der Waals surface area contributed by atoms with Crippen LogP contribution in [0.2, 0.25) is 0 Å². The lowest BCUT2D eigenvalue weighted by Gasteiger charge is -2.24. The number of aromatic nitrogens is 3. The molecular formula is C13H12N4OS2. The largest absolute Gasteiger partial charge is 0.332 e. The fourth-order valence-corrected chi connectivity index (χ4v) is 4.64. The lowest BCUT2D eigenvalue weighted by Crippen LogP contribution is -2.16. The molecule has 2 unspecified atom stereocenters. The Morgan fingerprint density at radius 1 is 1.35 bits per heavy atom. The molecule has 0 aliphatic carbocycles. The molecule has 1 saturated heterocycles. The Morgan fingerprint density at radius 3 is 2.90 bits per heavy atom. The molecule has 1 fully saturated rings. The number of pyridine rings is 1. The molecule has 3 heterocycles. The average Bonchev–Trinajstić information content (AvgIpc) is 2.97. The van der Waals surface area contributed by atoms with Gasteiger partial charge in [0.2, 0.25) is 0 Å². The Morgan fingerprint density at radius 2 is 2.20 bits per heavy atom. The highest BCUT2D eigenvalue weighted by Crippen LogP contribution is 2.41. The van der Waals surface area contributed by atoms with E-state index < -0.39 is 0 Å². The molecule has 0 aromatic carbocycles. The molecule has 0 bridgehead atoms. The molecule has 0 radical (unpaired) electrons. The number of hydrogen-bond acceptors (Lipinski definition) is 7. The molecule has 3 rings (SSSR count). The lowest BCUT2D eigenvalue weighted by atomic mass is 10.2. The van der Waals surface area contributed by atoms with Crippen molar-refractivity contribution >= 4 is 23.5 Å². The average molecular weight is 304 g/mol. The van der Waals surface area contributed by atoms with Gasteiger partial charge in [0.05, 0.1) is 10.8 Å². The first kappa shape index (κ1) is 13.5. The predicted molar refractivity (Wildman–Crippen MR) is 79.4 cm³/mol. The van der Waals surface area contributed by atoms with Gasteiger partial charge in [-0.1, -0.05) is 12.1 Å². The maximum absolute atomic E-state index is 8.76. The van der Waals surface area contributed by atoms with Crippen LogP contribution in [0.3, 0.4) is 0 Å². The molecule has 0 N–H and O–H groups in total. The summed E-state index contributed by atoms with van der Waals surface area (Å²) in [5.41, 5.74) is 1.12. The number of nitrogens with zero attached hydrogens (tertiary/aromatic N) is 4. The van der Waals surface area contributed by atoms with Crippen molar-refractivity contribution in [3.8, 4) is 17.7 Å². The van der Waals surface area contributed by atoms with Crippen LogP contribution < -0.4 is 0 Å². The summed E-state index contributed by atoms with van der Waals surface area (Å²) in [5, 5.41) is 13.6. The minimum atomic E-state index is 0.268. The van der Waals surface area contributed by atoms with E-state index in [0.717, 1.165) is 11.6 Å². The normalized spacial score (nSPS) is 22.4. The summed E-state index contributed by atoms with van der Waals surface area (Å²) >= 11 is 3.81. The van der Waals surface area contributed by atoms with E-state index in [-0.39, 0.29) is 5.25 Å². The van der Waals surface area contributed by atoms with E-state index in [1.807, 2.05) is 29.6 Å². The third-order valence-corrected chi connectivity index (χ3v) is 6.08. The summed E-state index contributed by atoms with van der Waals surface area (Å²) in [4.78, 5) is 8.62. The first-order valence-electron chi connectivity index (χ1n) is 6.21. The molecule has 1 aliphatic rings. The van der Waals surface area contributed by atoms with Crippen LogP contribution in [0, 0.1) is 11.3 Å². The Kier molecular flexibility index (Phi) is 3.94. The van der Waals surface area contributed by atoms with Crippen molar-refractivity contribution in [3.05, 3.63) is 29.7 Å². The fourth-order valence-electron chi connectivity index (χ4n) is 1.96. The molecule has 0 amide bonds. The van der Waals surface area contributed by atoms with E-state index in [2.05, 4.69) is 22.0 Å². The summed E-state index contributed by atoms with van der Waals surface area (Å²) in [6.45, 7) is 2.19. The van der Waals surface area contributed by atoms with Gasteiger partial charge in [-0.25, -0.2) is 4.98 Å². The number of hydrogen-bond donors (Lipinski definition) is 0. The second kappa shape index (κ2) is 5.85. The van der Waals surface area contributed by atoms with Gasteiger partial charge >= 0.3 is 0 Å². The van der Waals surface area contributed by atoms with Crippen molar-refractivity contribution < 1.29 is 4.52 Å². The number of thioether (sulfide) groups is 2. The first-order chi connectivity index (χ1) is 9.78. The van der Waals surface area contributed by atoms with Crippen molar-refractivity contribution in [2.45, 2.75) is 17.4 Å². The zero-order valence-electron chi connectivity index (χ0n) is 10.8. The van der Waals surface area contributed by atoms with Gasteiger partial charge in [0, 0.05) is 23.0 Å². The van der Waals surface area contributed by atoms with Crippen LogP contribution in [0.5, 0.6) is 0 Å². The molecule has 0 saturated carbocycles. The molecule has 20 heavy (non-hydrogen) atoms. The van der Waals surface area contributed by atoms with Gasteiger partial charge in [-0.3, -0.25) is 0 Å².